The van der Waals surface area contributed by atoms with E-state index in [1.165, 1.54) is 31.5 Å². The number of esters is 2. The summed E-state index contributed by atoms with van der Waals surface area (Å²) in [6.45, 7) is 0.644. The largest absolute Gasteiger partial charge is 0.461 e. The van der Waals surface area contributed by atoms with Gasteiger partial charge in [0.1, 0.15) is 35.1 Å². The SMILES string of the molecule is CC(=O)Nc1ccn([C@@H]2S[C@H](COC(=O)c3ccc4ccccc4c3)[C@@H](OC(=O)c3ccc4ccccc4c3)[C@@H]2F)c(=O)n1.Nc1ccn([C@@H]2S[C@H](CO)[C@@H](O)[C@@H]2F)c(=O)n1. The molecule has 61 heavy (non-hydrogen) atoms. The highest BCUT2D eigenvalue weighted by atomic mass is 32.2. The van der Waals surface area contributed by atoms with Crippen molar-refractivity contribution in [1.82, 2.24) is 19.1 Å². The summed E-state index contributed by atoms with van der Waals surface area (Å²) in [5.74, 6) is -1.70. The fourth-order valence-corrected chi connectivity index (χ4v) is 9.63. The van der Waals surface area contributed by atoms with E-state index in [9.17, 15) is 33.5 Å². The van der Waals surface area contributed by atoms with Crippen molar-refractivity contribution in [3.05, 3.63) is 142 Å². The molecule has 0 spiro atoms. The van der Waals surface area contributed by atoms with E-state index >= 15 is 4.39 Å². The molecular weight excluding hydrogens is 835 g/mol. The number of hydrogen-bond acceptors (Lipinski definition) is 14. The molecule has 15 nitrogen and oxygen atoms in total. The van der Waals surface area contributed by atoms with Gasteiger partial charge in [-0.15, -0.1) is 23.5 Å². The Morgan fingerprint density at radius 2 is 1.30 bits per heavy atom. The highest BCUT2D eigenvalue weighted by Gasteiger charge is 2.49. The standard InChI is InChI=1S/C33H26FN3O6S.C9H12FN3O3S/c1-19(38)35-27-14-15-37(33(41)36-27)30-28(34)29(43-32(40)25-13-11-21-7-3-5-9-23(21)17-25)26(44-30)18-42-31(39)24-12-10-20-6-2-4-8-22(20)16-24;10-6-7(15)4(3-14)17-8(6)13-2-1-5(11)12-9(13)16/h2-17,26,28-30H,18H2,1H3,(H,35,36,38,41);1-2,4,6-8,14-15H,3H2,(H2,11,12,16)/t26-,28+,29-,30-;4-,6+,7-,8-/m11/s1. The summed E-state index contributed by atoms with van der Waals surface area (Å²) in [7, 11) is 0. The van der Waals surface area contributed by atoms with E-state index in [2.05, 4.69) is 15.3 Å². The Kier molecular flexibility index (Phi) is 13.1. The first-order chi connectivity index (χ1) is 29.3. The van der Waals surface area contributed by atoms with Crippen LogP contribution in [0, 0.1) is 0 Å². The van der Waals surface area contributed by atoms with E-state index in [-0.39, 0.29) is 30.4 Å². The molecule has 5 N–H and O–H groups in total. The van der Waals surface area contributed by atoms with Gasteiger partial charge in [-0.05, 0) is 57.9 Å². The van der Waals surface area contributed by atoms with Gasteiger partial charge in [-0.1, -0.05) is 60.7 Å². The van der Waals surface area contributed by atoms with Crippen LogP contribution in [0.2, 0.25) is 0 Å². The van der Waals surface area contributed by atoms with Gasteiger partial charge < -0.3 is 30.7 Å². The molecule has 0 aliphatic carbocycles. The Bertz CT molecular complexity index is 2720. The Balaban J connectivity index is 0.000000276. The number of amides is 1. The smallest absolute Gasteiger partial charge is 0.350 e. The highest BCUT2D eigenvalue weighted by Crippen LogP contribution is 2.45. The molecule has 0 radical (unpaired) electrons. The number of alkyl halides is 2. The molecule has 2 saturated heterocycles. The van der Waals surface area contributed by atoms with Crippen LogP contribution < -0.4 is 22.4 Å². The quantitative estimate of drug-likeness (QED) is 0.145. The van der Waals surface area contributed by atoms with Gasteiger partial charge in [-0.2, -0.15) is 9.97 Å². The maximum atomic E-state index is 16.1. The molecule has 0 saturated carbocycles. The van der Waals surface area contributed by atoms with Crippen molar-refractivity contribution in [2.24, 2.45) is 0 Å². The summed E-state index contributed by atoms with van der Waals surface area (Å²) in [4.78, 5) is 69.3. The van der Waals surface area contributed by atoms with Crippen LogP contribution in [-0.4, -0.2) is 95.4 Å². The summed E-state index contributed by atoms with van der Waals surface area (Å²) >= 11 is 2.01. The predicted molar refractivity (Wildman–Crippen MR) is 227 cm³/mol. The fourth-order valence-electron chi connectivity index (χ4n) is 6.81. The average Bonchev–Trinajstić information content (AvgIpc) is 3.71. The first-order valence-corrected chi connectivity index (χ1v) is 20.6. The summed E-state index contributed by atoms with van der Waals surface area (Å²) in [5.41, 5.74) is 4.41. The van der Waals surface area contributed by atoms with Crippen LogP contribution in [0.15, 0.2) is 119 Å². The lowest BCUT2D eigenvalue weighted by molar-refractivity contribution is -0.114. The molecule has 0 unspecified atom stereocenters. The molecule has 2 fully saturated rings. The average molecular weight is 873 g/mol. The molecule has 4 heterocycles. The van der Waals surface area contributed by atoms with Gasteiger partial charge >= 0.3 is 23.3 Å². The number of fused-ring (bicyclic) bond motifs is 2. The third-order valence-corrected chi connectivity index (χ3v) is 12.9. The summed E-state index contributed by atoms with van der Waals surface area (Å²) in [6.07, 6.45) is -3.47. The van der Waals surface area contributed by atoms with Gasteiger partial charge in [0.15, 0.2) is 18.4 Å². The van der Waals surface area contributed by atoms with Gasteiger partial charge in [0, 0.05) is 19.3 Å². The number of aromatic nitrogens is 4. The van der Waals surface area contributed by atoms with E-state index in [0.717, 1.165) is 54.2 Å². The van der Waals surface area contributed by atoms with Crippen molar-refractivity contribution in [2.45, 2.75) is 52.7 Å². The summed E-state index contributed by atoms with van der Waals surface area (Å²) < 4.78 is 43.4. The first-order valence-electron chi connectivity index (χ1n) is 18.8. The second-order valence-electron chi connectivity index (χ2n) is 14.0. The van der Waals surface area contributed by atoms with Crippen LogP contribution in [0.3, 0.4) is 0 Å². The number of nitrogens with zero attached hydrogens (tertiary/aromatic N) is 4. The second-order valence-corrected chi connectivity index (χ2v) is 16.7. The Morgan fingerprint density at radius 1 is 0.754 bits per heavy atom. The number of nitrogens with one attached hydrogen (secondary N) is 1. The number of halogens is 2. The van der Waals surface area contributed by atoms with Crippen molar-refractivity contribution >= 4 is 74.6 Å². The fraction of sp³-hybridized carbons (Fsp3) is 0.262. The number of hydrogen-bond donors (Lipinski definition) is 4. The number of thioether (sulfide) groups is 2. The number of aliphatic hydroxyl groups is 2. The number of rotatable bonds is 9. The molecule has 6 aromatic rings. The number of aliphatic hydroxyl groups excluding tert-OH is 2. The lowest BCUT2D eigenvalue weighted by Gasteiger charge is -2.21. The van der Waals surface area contributed by atoms with Crippen molar-refractivity contribution in [3.8, 4) is 0 Å². The lowest BCUT2D eigenvalue weighted by atomic mass is 10.1. The van der Waals surface area contributed by atoms with Gasteiger partial charge in [0.2, 0.25) is 5.91 Å². The topological polar surface area (TPSA) is 218 Å². The zero-order valence-electron chi connectivity index (χ0n) is 32.1. The van der Waals surface area contributed by atoms with E-state index in [1.54, 1.807) is 30.3 Å². The van der Waals surface area contributed by atoms with E-state index in [1.807, 2.05) is 54.6 Å². The lowest BCUT2D eigenvalue weighted by Crippen LogP contribution is -2.37. The Hall–Kier alpha value is -6.15. The molecule has 4 aromatic carbocycles. The monoisotopic (exact) mass is 872 g/mol. The zero-order chi connectivity index (χ0) is 43.4. The van der Waals surface area contributed by atoms with Crippen molar-refractivity contribution in [1.29, 1.82) is 0 Å². The summed E-state index contributed by atoms with van der Waals surface area (Å²) in [6, 6.07) is 28.0. The van der Waals surface area contributed by atoms with Gasteiger partial charge in [0.25, 0.3) is 0 Å². The maximum Gasteiger partial charge on any atom is 0.350 e. The van der Waals surface area contributed by atoms with Crippen molar-refractivity contribution < 1.29 is 42.9 Å². The molecular formula is C42H38F2N6O9S2. The minimum atomic E-state index is -1.85. The molecule has 8 rings (SSSR count). The van der Waals surface area contributed by atoms with Crippen LogP contribution in [0.5, 0.6) is 0 Å². The molecule has 2 aliphatic rings. The van der Waals surface area contributed by atoms with Crippen LogP contribution >= 0.6 is 23.5 Å². The van der Waals surface area contributed by atoms with E-state index in [4.69, 9.17) is 20.3 Å². The third kappa shape index (κ3) is 9.59. The van der Waals surface area contributed by atoms with Crippen molar-refractivity contribution in [2.75, 3.05) is 24.3 Å². The van der Waals surface area contributed by atoms with Crippen LogP contribution in [0.1, 0.15) is 38.4 Å². The number of carbonyl (C=O) groups is 3. The minimum absolute atomic E-state index is 0.0253. The van der Waals surface area contributed by atoms with Gasteiger partial charge in [0.05, 0.1) is 28.2 Å². The van der Waals surface area contributed by atoms with E-state index < -0.39 is 75.0 Å². The number of anilines is 2. The van der Waals surface area contributed by atoms with Gasteiger partial charge in [-0.3, -0.25) is 13.9 Å². The number of ether oxygens (including phenoxy) is 2. The van der Waals surface area contributed by atoms with Crippen LogP contribution in [0.4, 0.5) is 20.4 Å². The summed E-state index contributed by atoms with van der Waals surface area (Å²) in [5, 5.41) is 21.0. The number of nitrogen functional groups attached to an aromatic ring is 1. The number of carbonyl (C=O) groups excluding carboxylic acids is 3. The maximum absolute atomic E-state index is 16.1. The number of nitrogens with two attached hydrogens (primary N) is 1. The molecule has 2 aromatic heterocycles. The molecule has 2 aliphatic heterocycles. The minimum Gasteiger partial charge on any atom is -0.461 e. The zero-order valence-corrected chi connectivity index (χ0v) is 33.7. The number of benzene rings is 4. The van der Waals surface area contributed by atoms with E-state index in [0.29, 0.717) is 5.56 Å². The molecule has 0 bridgehead atoms. The Morgan fingerprint density at radius 3 is 1.85 bits per heavy atom. The van der Waals surface area contributed by atoms with Crippen LogP contribution in [-0.2, 0) is 14.3 Å². The van der Waals surface area contributed by atoms with Crippen molar-refractivity contribution in [3.63, 3.8) is 0 Å². The first kappa shape index (κ1) is 43.0. The predicted octanol–water partition coefficient (Wildman–Crippen LogP) is 4.67. The molecule has 19 heteroatoms. The third-order valence-electron chi connectivity index (χ3n) is 9.87. The molecule has 316 valence electrons. The van der Waals surface area contributed by atoms with Crippen LogP contribution in [0.25, 0.3) is 21.5 Å². The molecule has 8 atom stereocenters. The Labute approximate surface area is 353 Å². The second kappa shape index (κ2) is 18.6. The van der Waals surface area contributed by atoms with Gasteiger partial charge in [-0.25, -0.2) is 28.0 Å². The highest BCUT2D eigenvalue weighted by molar-refractivity contribution is 8.00. The molecule has 1 amide bonds. The normalized spacial score (nSPS) is 23.2.